The van der Waals surface area contributed by atoms with Gasteiger partial charge in [-0.05, 0) is 44.6 Å². The maximum atomic E-state index is 10.7. The van der Waals surface area contributed by atoms with Crippen LogP contribution in [0.3, 0.4) is 0 Å². The topological polar surface area (TPSA) is 44.1 Å². The molecule has 0 saturated carbocycles. The minimum absolute atomic E-state index is 0.233. The normalized spacial score (nSPS) is 8.47. The van der Waals surface area contributed by atoms with Gasteiger partial charge in [-0.3, -0.25) is 4.79 Å². The molecule has 0 aliphatic heterocycles. The number of methoxy groups -OCH3 is 1. The van der Waals surface area contributed by atoms with E-state index in [0.29, 0.717) is 5.75 Å². The molecule has 0 unspecified atom stereocenters. The van der Waals surface area contributed by atoms with Crippen molar-refractivity contribution in [3.8, 4) is 12.8 Å². The van der Waals surface area contributed by atoms with E-state index in [1.165, 1.54) is 30.0 Å². The summed E-state index contributed by atoms with van der Waals surface area (Å²) in [5, 5.41) is 0.820. The van der Waals surface area contributed by atoms with E-state index in [0.717, 1.165) is 11.6 Å². The van der Waals surface area contributed by atoms with Crippen molar-refractivity contribution in [2.75, 3.05) is 19.1 Å². The highest BCUT2D eigenvalue weighted by Crippen LogP contribution is 2.13. The zero-order valence-corrected chi connectivity index (χ0v) is 24.2. The summed E-state index contributed by atoms with van der Waals surface area (Å²) < 4.78 is 6.35. The number of hydrogen-bond donors (Lipinski definition) is 1. The largest absolute Gasteiger partial charge is 0.468 e. The van der Waals surface area contributed by atoms with E-state index in [2.05, 4.69) is 102 Å². The van der Waals surface area contributed by atoms with E-state index in [4.69, 9.17) is 0 Å². The Morgan fingerprint density at radius 1 is 1.00 bits per heavy atom. The van der Waals surface area contributed by atoms with Crippen LogP contribution in [0, 0.1) is 12.8 Å². The van der Waals surface area contributed by atoms with Gasteiger partial charge in [-0.25, -0.2) is 4.98 Å². The molecule has 0 atom stereocenters. The fraction of sp³-hybridized carbons (Fsp3) is 0.267. The maximum absolute atomic E-state index is 10.7. The van der Waals surface area contributed by atoms with Crippen LogP contribution in [0.1, 0.15) is 31.9 Å². The number of rotatable bonds is 5. The molecule has 196 valence electrons. The highest BCUT2D eigenvalue weighted by Gasteiger charge is 2.04. The van der Waals surface area contributed by atoms with Crippen LogP contribution in [0.25, 0.3) is 0 Å². The Balaban J connectivity index is -0.000000436. The number of nitrogens with zero attached hydrogens (tertiary/aromatic N) is 2. The fourth-order valence-corrected chi connectivity index (χ4v) is 2.87. The van der Waals surface area contributed by atoms with Gasteiger partial charge in [-0.2, -0.15) is 12.6 Å². The summed E-state index contributed by atoms with van der Waals surface area (Å²) in [5.41, 5.74) is 2.74. The van der Waals surface area contributed by atoms with Crippen LogP contribution in [0.2, 0.25) is 0 Å². The zero-order chi connectivity index (χ0) is 28.0. The number of benzene rings is 2. The molecule has 4 nitrogen and oxygen atoms in total. The molecule has 3 rings (SSSR count). The molecule has 0 bridgehead atoms. The summed E-state index contributed by atoms with van der Waals surface area (Å²) in [6.45, 7) is 9.25. The second kappa shape index (κ2) is 29.9. The molecule has 0 aliphatic carbocycles. The third-order valence-corrected chi connectivity index (χ3v) is 4.78. The zero-order valence-electron chi connectivity index (χ0n) is 22.5. The van der Waals surface area contributed by atoms with Crippen molar-refractivity contribution >= 4 is 30.4 Å². The smallest absolute Gasteiger partial charge is 0.316 e. The van der Waals surface area contributed by atoms with Gasteiger partial charge in [0.25, 0.3) is 0 Å². The van der Waals surface area contributed by atoms with Gasteiger partial charge in [0, 0.05) is 19.4 Å². The van der Waals surface area contributed by atoms with Gasteiger partial charge in [-0.15, -0.1) is 19.4 Å². The van der Waals surface area contributed by atoms with Crippen molar-refractivity contribution in [3.63, 3.8) is 0 Å². The van der Waals surface area contributed by atoms with Gasteiger partial charge in [0.05, 0.1) is 12.9 Å². The third kappa shape index (κ3) is 22.6. The van der Waals surface area contributed by atoms with E-state index < -0.39 is 0 Å². The molecule has 0 amide bonds. The quantitative estimate of drug-likeness (QED) is 0.123. The molecule has 0 spiro atoms. The van der Waals surface area contributed by atoms with Crippen molar-refractivity contribution in [2.45, 2.75) is 32.3 Å². The first kappa shape index (κ1) is 37.4. The number of thiol groups is 1. The van der Waals surface area contributed by atoms with Crippen LogP contribution in [-0.2, 0) is 23.0 Å². The van der Waals surface area contributed by atoms with Crippen LogP contribution in [0.4, 0.5) is 0 Å². The lowest BCUT2D eigenvalue weighted by Crippen LogP contribution is -2.04. The molecule has 0 aliphatic rings. The second-order valence-corrected chi connectivity index (χ2v) is 7.35. The maximum Gasteiger partial charge on any atom is 0.316 e. The Labute approximate surface area is 229 Å². The molecule has 3 aromatic rings. The van der Waals surface area contributed by atoms with Gasteiger partial charge in [0.2, 0.25) is 0 Å². The summed E-state index contributed by atoms with van der Waals surface area (Å²) in [7, 11) is 3.26. The van der Waals surface area contributed by atoms with E-state index in [-0.39, 0.29) is 5.97 Å². The third-order valence-electron chi connectivity index (χ3n) is 3.75. The Bertz CT molecular complexity index is 880. The lowest BCUT2D eigenvalue weighted by molar-refractivity contribution is -0.137. The van der Waals surface area contributed by atoms with Gasteiger partial charge >= 0.3 is 5.97 Å². The van der Waals surface area contributed by atoms with Gasteiger partial charge in [0.1, 0.15) is 0 Å². The number of carbonyl (C=O) groups is 1. The van der Waals surface area contributed by atoms with Crippen molar-refractivity contribution in [1.29, 1.82) is 0 Å². The molecule has 1 aromatic heterocycles. The lowest BCUT2D eigenvalue weighted by atomic mass is 10.1. The number of terminal acetylenes is 1. The lowest BCUT2D eigenvalue weighted by Gasteiger charge is -2.00. The van der Waals surface area contributed by atoms with Gasteiger partial charge in [-0.1, -0.05) is 90.7 Å². The summed E-state index contributed by atoms with van der Waals surface area (Å²) in [6.07, 6.45) is 20.0. The van der Waals surface area contributed by atoms with Crippen LogP contribution in [0.5, 0.6) is 0 Å². The first-order chi connectivity index (χ1) is 17.5. The minimum Gasteiger partial charge on any atom is -0.468 e. The Morgan fingerprint density at radius 3 is 1.72 bits per heavy atom. The molecule has 6 heteroatoms. The number of ether oxygens (including phenoxy) is 1. The summed E-state index contributed by atoms with van der Waals surface area (Å²) in [6, 6.07) is 21.1. The minimum atomic E-state index is -0.233. The average molecular weight is 527 g/mol. The van der Waals surface area contributed by atoms with Crippen molar-refractivity contribution in [2.24, 2.45) is 7.05 Å². The standard InChI is InChI=1S/C13H12.C7H10N2O2S.C4H8.C3H6.C2H2.CH4S/c1-3-7-12(8-4-1)11-13-9-5-2-6-10-13;1-9-4-3-8-7(9)12-5-6(10)11-2;1-3-4-2;1-3-2;2*1-2/h1-10H,11H2;3-4H,5H2,1-2H3;3-4H,1-2H3;3H,1H2,2H3;1-2H;2H,1H3/b;;4-3-;;;. The first-order valence-corrected chi connectivity index (χ1v) is 13.1. The van der Waals surface area contributed by atoms with Crippen molar-refractivity contribution in [3.05, 3.63) is 109 Å². The highest BCUT2D eigenvalue weighted by molar-refractivity contribution is 7.99. The molecule has 0 fully saturated rings. The van der Waals surface area contributed by atoms with Crippen LogP contribution in [0.15, 0.2) is 103 Å². The molecule has 36 heavy (non-hydrogen) atoms. The number of aromatic nitrogens is 2. The molecule has 1 heterocycles. The molecule has 0 N–H and O–H groups in total. The van der Waals surface area contributed by atoms with E-state index >= 15 is 0 Å². The first-order valence-electron chi connectivity index (χ1n) is 11.2. The number of aryl methyl sites for hydroxylation is 1. The fourth-order valence-electron chi connectivity index (χ4n) is 2.10. The molecule has 0 saturated heterocycles. The SMILES string of the molecule is C#C.C/C=C\C.C=CC.COC(=O)CSc1nccn1C.CS.c1ccc(Cc2ccccc2)cc1. The summed E-state index contributed by atoms with van der Waals surface area (Å²) in [5.74, 6) is 0.0736. The van der Waals surface area contributed by atoms with Crippen molar-refractivity contribution < 1.29 is 9.53 Å². The second-order valence-electron chi connectivity index (χ2n) is 6.41. The van der Waals surface area contributed by atoms with Crippen LogP contribution in [-0.4, -0.2) is 34.6 Å². The highest BCUT2D eigenvalue weighted by atomic mass is 32.2. The van der Waals surface area contributed by atoms with Gasteiger partial charge in [0.15, 0.2) is 5.16 Å². The Morgan fingerprint density at radius 2 is 1.42 bits per heavy atom. The van der Waals surface area contributed by atoms with E-state index in [1.54, 1.807) is 18.5 Å². The monoisotopic (exact) mass is 526 g/mol. The number of esters is 1. The number of hydrogen-bond acceptors (Lipinski definition) is 5. The molecular weight excluding hydrogens is 484 g/mol. The molecule has 2 aromatic carbocycles. The van der Waals surface area contributed by atoms with Gasteiger partial charge < -0.3 is 9.30 Å². The number of thioether (sulfide) groups is 1. The Kier molecular flexibility index (Phi) is 31.1. The van der Waals surface area contributed by atoms with E-state index in [9.17, 15) is 4.79 Å². The van der Waals surface area contributed by atoms with Crippen LogP contribution < -0.4 is 0 Å². The predicted molar refractivity (Wildman–Crippen MR) is 163 cm³/mol. The Hall–Kier alpha value is -3.14. The molecule has 0 radical (unpaired) electrons. The van der Waals surface area contributed by atoms with Crippen molar-refractivity contribution in [1.82, 2.24) is 9.55 Å². The average Bonchev–Trinajstić information content (AvgIpc) is 3.36. The summed E-state index contributed by atoms with van der Waals surface area (Å²) >= 11 is 4.89. The van der Waals surface area contributed by atoms with Crippen LogP contribution >= 0.6 is 24.4 Å². The predicted octanol–water partition coefficient (Wildman–Crippen LogP) is 7.53. The number of carbonyl (C=O) groups excluding carboxylic acids is 1. The van der Waals surface area contributed by atoms with E-state index in [1.807, 2.05) is 50.7 Å². The number of imidazole rings is 1. The molecular formula is C30H42N2O2S2. The summed E-state index contributed by atoms with van der Waals surface area (Å²) in [4.78, 5) is 14.8. The number of allylic oxidation sites excluding steroid dienone is 3.